The average molecular weight is 282 g/mol. The van der Waals surface area contributed by atoms with Crippen LogP contribution in [0, 0.1) is 11.8 Å². The summed E-state index contributed by atoms with van der Waals surface area (Å²) in [7, 11) is 0. The second-order valence-electron chi connectivity index (χ2n) is 6.25. The molecular formula is C14H29F3N2. The number of rotatable bonds is 8. The van der Waals surface area contributed by atoms with Crippen LogP contribution in [0.3, 0.4) is 0 Å². The van der Waals surface area contributed by atoms with E-state index in [0.717, 1.165) is 12.8 Å². The molecule has 0 heterocycles. The molecule has 0 aromatic heterocycles. The van der Waals surface area contributed by atoms with Gasteiger partial charge in [-0.15, -0.1) is 0 Å². The summed E-state index contributed by atoms with van der Waals surface area (Å²) in [6, 6.07) is -2.44. The highest BCUT2D eigenvalue weighted by Crippen LogP contribution is 2.28. The van der Waals surface area contributed by atoms with Crippen molar-refractivity contribution in [1.29, 1.82) is 0 Å². The van der Waals surface area contributed by atoms with Gasteiger partial charge in [-0.3, -0.25) is 4.90 Å². The summed E-state index contributed by atoms with van der Waals surface area (Å²) in [6.45, 7) is 10.4. The van der Waals surface area contributed by atoms with Crippen molar-refractivity contribution in [2.75, 3.05) is 13.1 Å². The van der Waals surface area contributed by atoms with Gasteiger partial charge in [0.2, 0.25) is 0 Å². The van der Waals surface area contributed by atoms with Gasteiger partial charge in [0, 0.05) is 6.04 Å². The summed E-state index contributed by atoms with van der Waals surface area (Å²) in [5.74, 6) is 0.784. The van der Waals surface area contributed by atoms with Gasteiger partial charge in [0.15, 0.2) is 0 Å². The zero-order valence-corrected chi connectivity index (χ0v) is 12.8. The van der Waals surface area contributed by atoms with Gasteiger partial charge >= 0.3 is 6.18 Å². The molecule has 0 aromatic carbocycles. The molecule has 19 heavy (non-hydrogen) atoms. The molecule has 0 rings (SSSR count). The maximum atomic E-state index is 13.1. The molecule has 0 aliphatic carbocycles. The van der Waals surface area contributed by atoms with Crippen molar-refractivity contribution in [3.8, 4) is 0 Å². The summed E-state index contributed by atoms with van der Waals surface area (Å²) in [5.41, 5.74) is 5.57. The van der Waals surface area contributed by atoms with Crippen LogP contribution < -0.4 is 5.73 Å². The molecule has 0 fully saturated rings. The Labute approximate surface area is 115 Å². The number of hydrogen-bond acceptors (Lipinski definition) is 2. The van der Waals surface area contributed by atoms with E-state index < -0.39 is 18.3 Å². The van der Waals surface area contributed by atoms with Crippen molar-refractivity contribution < 1.29 is 13.2 Å². The third-order valence-electron chi connectivity index (χ3n) is 3.21. The highest BCUT2D eigenvalue weighted by Gasteiger charge is 2.45. The predicted octanol–water partition coefficient (Wildman–Crippen LogP) is 3.66. The van der Waals surface area contributed by atoms with Crippen LogP contribution in [0.5, 0.6) is 0 Å². The Bertz CT molecular complexity index is 225. The normalized spacial score (nSPS) is 16.4. The van der Waals surface area contributed by atoms with Crippen molar-refractivity contribution >= 4 is 0 Å². The summed E-state index contributed by atoms with van der Waals surface area (Å²) in [6.07, 6.45) is -2.74. The van der Waals surface area contributed by atoms with E-state index in [1.165, 1.54) is 11.8 Å². The molecule has 2 atom stereocenters. The lowest BCUT2D eigenvalue weighted by molar-refractivity contribution is -0.189. The van der Waals surface area contributed by atoms with Crippen LogP contribution in [-0.4, -0.2) is 36.2 Å². The van der Waals surface area contributed by atoms with Gasteiger partial charge in [-0.2, -0.15) is 13.2 Å². The zero-order valence-electron chi connectivity index (χ0n) is 12.8. The Morgan fingerprint density at radius 1 is 0.895 bits per heavy atom. The fourth-order valence-electron chi connectivity index (χ4n) is 2.08. The zero-order chi connectivity index (χ0) is 15.2. The Kier molecular flexibility index (Phi) is 7.98. The van der Waals surface area contributed by atoms with Crippen LogP contribution in [0.2, 0.25) is 0 Å². The molecule has 2 nitrogen and oxygen atoms in total. The second kappa shape index (κ2) is 8.10. The first-order chi connectivity index (χ1) is 8.55. The number of nitrogens with two attached hydrogens (primary N) is 1. The Morgan fingerprint density at radius 3 is 1.47 bits per heavy atom. The molecule has 0 spiro atoms. The Hall–Kier alpha value is -0.290. The maximum absolute atomic E-state index is 13.1. The number of halogens is 3. The van der Waals surface area contributed by atoms with E-state index in [9.17, 15) is 13.2 Å². The SMILES string of the molecule is CC(C)CCN(CCC(C)C)C(C(C)N)C(F)(F)F. The topological polar surface area (TPSA) is 29.3 Å². The summed E-state index contributed by atoms with van der Waals surface area (Å²) < 4.78 is 39.4. The minimum atomic E-state index is -4.26. The van der Waals surface area contributed by atoms with E-state index in [0.29, 0.717) is 24.9 Å². The first-order valence-corrected chi connectivity index (χ1v) is 7.12. The van der Waals surface area contributed by atoms with Gasteiger partial charge in [0.25, 0.3) is 0 Å². The highest BCUT2D eigenvalue weighted by molar-refractivity contribution is 4.86. The summed E-state index contributed by atoms with van der Waals surface area (Å²) in [4.78, 5) is 1.52. The van der Waals surface area contributed by atoms with Crippen molar-refractivity contribution in [3.63, 3.8) is 0 Å². The van der Waals surface area contributed by atoms with Crippen molar-refractivity contribution in [2.45, 2.75) is 65.7 Å². The maximum Gasteiger partial charge on any atom is 0.405 e. The van der Waals surface area contributed by atoms with Gasteiger partial charge in [0.05, 0.1) is 0 Å². The van der Waals surface area contributed by atoms with Gasteiger partial charge in [-0.05, 0) is 44.7 Å². The summed E-state index contributed by atoms with van der Waals surface area (Å²) >= 11 is 0. The fourth-order valence-corrected chi connectivity index (χ4v) is 2.08. The van der Waals surface area contributed by atoms with E-state index in [-0.39, 0.29) is 0 Å². The van der Waals surface area contributed by atoms with Crippen molar-refractivity contribution in [3.05, 3.63) is 0 Å². The van der Waals surface area contributed by atoms with E-state index in [1.807, 2.05) is 27.7 Å². The van der Waals surface area contributed by atoms with Gasteiger partial charge in [-0.25, -0.2) is 0 Å². The first kappa shape index (κ1) is 18.7. The molecule has 2 N–H and O–H groups in total. The summed E-state index contributed by atoms with van der Waals surface area (Å²) in [5, 5.41) is 0. The van der Waals surface area contributed by atoms with Crippen LogP contribution in [0.15, 0.2) is 0 Å². The Balaban J connectivity index is 4.83. The number of hydrogen-bond donors (Lipinski definition) is 1. The molecule has 0 aliphatic heterocycles. The van der Waals surface area contributed by atoms with Crippen LogP contribution in [-0.2, 0) is 0 Å². The smallest absolute Gasteiger partial charge is 0.326 e. The predicted molar refractivity (Wildman–Crippen MR) is 74.0 cm³/mol. The highest BCUT2D eigenvalue weighted by atomic mass is 19.4. The largest absolute Gasteiger partial charge is 0.405 e. The quantitative estimate of drug-likeness (QED) is 0.736. The number of alkyl halides is 3. The lowest BCUT2D eigenvalue weighted by Crippen LogP contribution is -2.55. The molecule has 0 saturated heterocycles. The van der Waals surface area contributed by atoms with Gasteiger partial charge in [0.1, 0.15) is 6.04 Å². The fraction of sp³-hybridized carbons (Fsp3) is 1.00. The third-order valence-corrected chi connectivity index (χ3v) is 3.21. The molecule has 0 saturated carbocycles. The lowest BCUT2D eigenvalue weighted by atomic mass is 10.0. The molecule has 2 unspecified atom stereocenters. The molecule has 5 heteroatoms. The average Bonchev–Trinajstić information content (AvgIpc) is 2.18. The van der Waals surface area contributed by atoms with Crippen molar-refractivity contribution in [1.82, 2.24) is 4.90 Å². The van der Waals surface area contributed by atoms with E-state index >= 15 is 0 Å². The molecule has 0 amide bonds. The molecule has 0 aliphatic rings. The van der Waals surface area contributed by atoms with Crippen LogP contribution in [0.25, 0.3) is 0 Å². The standard InChI is InChI=1S/C14H29F3N2/c1-10(2)6-8-19(9-7-11(3)4)13(12(5)18)14(15,16)17/h10-13H,6-9,18H2,1-5H3. The second-order valence-corrected chi connectivity index (χ2v) is 6.25. The minimum absolute atomic E-state index is 0.392. The van der Waals surface area contributed by atoms with E-state index in [1.54, 1.807) is 0 Å². The molecule has 0 radical (unpaired) electrons. The minimum Gasteiger partial charge on any atom is -0.326 e. The molecule has 0 aromatic rings. The van der Waals surface area contributed by atoms with Crippen LogP contribution in [0.4, 0.5) is 13.2 Å². The van der Waals surface area contributed by atoms with Gasteiger partial charge < -0.3 is 5.73 Å². The molecule has 0 bridgehead atoms. The van der Waals surface area contributed by atoms with Crippen molar-refractivity contribution in [2.24, 2.45) is 17.6 Å². The third kappa shape index (κ3) is 7.78. The van der Waals surface area contributed by atoms with Gasteiger partial charge in [-0.1, -0.05) is 27.7 Å². The van der Waals surface area contributed by atoms with E-state index in [2.05, 4.69) is 0 Å². The Morgan fingerprint density at radius 2 is 1.26 bits per heavy atom. The van der Waals surface area contributed by atoms with Crippen LogP contribution >= 0.6 is 0 Å². The lowest BCUT2D eigenvalue weighted by Gasteiger charge is -2.36. The van der Waals surface area contributed by atoms with Crippen LogP contribution in [0.1, 0.15) is 47.5 Å². The van der Waals surface area contributed by atoms with E-state index in [4.69, 9.17) is 5.73 Å². The molecular weight excluding hydrogens is 253 g/mol. The molecule has 116 valence electrons. The number of nitrogens with zero attached hydrogens (tertiary/aromatic N) is 1. The first-order valence-electron chi connectivity index (χ1n) is 7.12. The monoisotopic (exact) mass is 282 g/mol.